The van der Waals surface area contributed by atoms with Crippen molar-refractivity contribution < 1.29 is 4.52 Å². The summed E-state index contributed by atoms with van der Waals surface area (Å²) >= 11 is 3.44. The first-order valence-electron chi connectivity index (χ1n) is 5.33. The Morgan fingerprint density at radius 2 is 2.12 bits per heavy atom. The second-order valence-electron chi connectivity index (χ2n) is 4.02. The predicted molar refractivity (Wildman–Crippen MR) is 70.0 cm³/mol. The summed E-state index contributed by atoms with van der Waals surface area (Å²) in [6.07, 6.45) is 0. The minimum absolute atomic E-state index is 0.686. The molecule has 0 spiro atoms. The summed E-state index contributed by atoms with van der Waals surface area (Å²) in [6.45, 7) is 4.55. The van der Waals surface area contributed by atoms with Crippen LogP contribution in [0.2, 0.25) is 0 Å². The molecule has 2 rings (SSSR count). The number of hydrogen-bond donors (Lipinski definition) is 0. The quantitative estimate of drug-likeness (QED) is 0.873. The summed E-state index contributed by atoms with van der Waals surface area (Å²) in [6, 6.07) is 5.91. The van der Waals surface area contributed by atoms with Gasteiger partial charge in [-0.1, -0.05) is 5.16 Å². The zero-order chi connectivity index (χ0) is 12.4. The third-order valence-corrected chi connectivity index (χ3v) is 3.31. The van der Waals surface area contributed by atoms with Gasteiger partial charge in [0.2, 0.25) is 0 Å². The van der Waals surface area contributed by atoms with Crippen molar-refractivity contribution >= 4 is 21.7 Å². The largest absolute Gasteiger partial charge is 0.361 e. The van der Waals surface area contributed by atoms with E-state index in [1.807, 2.05) is 44.0 Å². The topological polar surface area (TPSA) is 42.2 Å². The van der Waals surface area contributed by atoms with Gasteiger partial charge in [0.15, 0.2) is 0 Å². The fraction of sp³-hybridized carbons (Fsp3) is 0.333. The van der Waals surface area contributed by atoms with Crippen molar-refractivity contribution in [3.8, 4) is 0 Å². The lowest BCUT2D eigenvalue weighted by Gasteiger charge is -2.17. The lowest BCUT2D eigenvalue weighted by molar-refractivity contribution is 0.390. The van der Waals surface area contributed by atoms with Crippen molar-refractivity contribution in [2.24, 2.45) is 0 Å². The molecule has 2 aromatic heterocycles. The second kappa shape index (κ2) is 4.87. The van der Waals surface area contributed by atoms with E-state index in [0.29, 0.717) is 6.54 Å². The van der Waals surface area contributed by atoms with Crippen LogP contribution < -0.4 is 4.90 Å². The Hall–Kier alpha value is -1.36. The highest BCUT2D eigenvalue weighted by Crippen LogP contribution is 2.19. The number of aromatic nitrogens is 2. The molecule has 5 heteroatoms. The average Bonchev–Trinajstić information content (AvgIpc) is 2.68. The summed E-state index contributed by atoms with van der Waals surface area (Å²) in [4.78, 5) is 6.53. The van der Waals surface area contributed by atoms with E-state index in [4.69, 9.17) is 4.52 Å². The van der Waals surface area contributed by atoms with Crippen LogP contribution in [0.3, 0.4) is 0 Å². The van der Waals surface area contributed by atoms with Gasteiger partial charge >= 0.3 is 0 Å². The van der Waals surface area contributed by atoms with Gasteiger partial charge < -0.3 is 9.42 Å². The molecule has 2 heterocycles. The molecule has 0 aliphatic carbocycles. The maximum absolute atomic E-state index is 5.04. The number of aryl methyl sites for hydroxylation is 2. The first kappa shape index (κ1) is 12.1. The van der Waals surface area contributed by atoms with Crippen LogP contribution in [0.1, 0.15) is 17.1 Å². The van der Waals surface area contributed by atoms with Gasteiger partial charge in [-0.25, -0.2) is 4.98 Å². The summed E-state index contributed by atoms with van der Waals surface area (Å²) in [5, 5.41) is 3.97. The highest BCUT2D eigenvalue weighted by atomic mass is 79.9. The molecule has 0 fully saturated rings. The van der Waals surface area contributed by atoms with Crippen LogP contribution in [-0.2, 0) is 6.54 Å². The number of hydrogen-bond acceptors (Lipinski definition) is 4. The number of nitrogens with zero attached hydrogens (tertiary/aromatic N) is 3. The minimum atomic E-state index is 0.686. The van der Waals surface area contributed by atoms with Crippen molar-refractivity contribution in [1.29, 1.82) is 0 Å². The van der Waals surface area contributed by atoms with E-state index in [2.05, 4.69) is 26.1 Å². The van der Waals surface area contributed by atoms with Crippen LogP contribution in [0, 0.1) is 13.8 Å². The molecule has 90 valence electrons. The minimum Gasteiger partial charge on any atom is -0.361 e. The van der Waals surface area contributed by atoms with Crippen LogP contribution in [0.5, 0.6) is 0 Å². The fourth-order valence-corrected chi connectivity index (χ4v) is 1.78. The number of pyridine rings is 1. The van der Waals surface area contributed by atoms with E-state index < -0.39 is 0 Å². The van der Waals surface area contributed by atoms with Gasteiger partial charge in [-0.05, 0) is 41.9 Å². The van der Waals surface area contributed by atoms with E-state index in [1.165, 1.54) is 0 Å². The molecule has 0 aliphatic rings. The lowest BCUT2D eigenvalue weighted by atomic mass is 10.3. The average molecular weight is 296 g/mol. The first-order valence-corrected chi connectivity index (χ1v) is 6.12. The fourth-order valence-electron chi connectivity index (χ4n) is 1.56. The van der Waals surface area contributed by atoms with E-state index >= 15 is 0 Å². The molecule has 0 N–H and O–H groups in total. The lowest BCUT2D eigenvalue weighted by Crippen LogP contribution is -2.18. The van der Waals surface area contributed by atoms with E-state index in [9.17, 15) is 0 Å². The monoisotopic (exact) mass is 295 g/mol. The summed E-state index contributed by atoms with van der Waals surface area (Å²) in [5.74, 6) is 1.75. The molecule has 0 bridgehead atoms. The zero-order valence-electron chi connectivity index (χ0n) is 10.1. The molecule has 0 saturated carbocycles. The zero-order valence-corrected chi connectivity index (χ0v) is 11.7. The molecule has 4 nitrogen and oxygen atoms in total. The van der Waals surface area contributed by atoms with Gasteiger partial charge in [0, 0.05) is 17.6 Å². The molecule has 0 unspecified atom stereocenters. The molecule has 0 saturated heterocycles. The van der Waals surface area contributed by atoms with Gasteiger partial charge in [0.05, 0.1) is 12.2 Å². The molecule has 17 heavy (non-hydrogen) atoms. The third kappa shape index (κ3) is 2.85. The Bertz CT molecular complexity index is 524. The Kier molecular flexibility index (Phi) is 3.47. The van der Waals surface area contributed by atoms with Gasteiger partial charge in [0.25, 0.3) is 0 Å². The summed E-state index contributed by atoms with van der Waals surface area (Å²) in [5.41, 5.74) is 1.89. The molecule has 0 aliphatic heterocycles. The summed E-state index contributed by atoms with van der Waals surface area (Å²) in [7, 11) is 1.99. The van der Waals surface area contributed by atoms with Crippen LogP contribution in [0.4, 0.5) is 5.82 Å². The van der Waals surface area contributed by atoms with E-state index in [-0.39, 0.29) is 0 Å². The predicted octanol–water partition coefficient (Wildman–Crippen LogP) is 3.09. The maximum Gasteiger partial charge on any atom is 0.133 e. The van der Waals surface area contributed by atoms with Crippen molar-refractivity contribution in [3.05, 3.63) is 39.8 Å². The number of anilines is 1. The van der Waals surface area contributed by atoms with Crippen LogP contribution in [0.15, 0.2) is 27.2 Å². The molecule has 0 amide bonds. The van der Waals surface area contributed by atoms with Crippen molar-refractivity contribution in [2.45, 2.75) is 20.4 Å². The maximum atomic E-state index is 5.04. The molecular formula is C12H14BrN3O. The highest BCUT2D eigenvalue weighted by Gasteiger charge is 2.08. The smallest absolute Gasteiger partial charge is 0.133 e. The van der Waals surface area contributed by atoms with Gasteiger partial charge in [-0.15, -0.1) is 0 Å². The number of rotatable bonds is 3. The van der Waals surface area contributed by atoms with Gasteiger partial charge in [-0.2, -0.15) is 0 Å². The van der Waals surface area contributed by atoms with Crippen molar-refractivity contribution in [3.63, 3.8) is 0 Å². The molecular weight excluding hydrogens is 282 g/mol. The van der Waals surface area contributed by atoms with Gasteiger partial charge in [-0.3, -0.25) is 0 Å². The van der Waals surface area contributed by atoms with E-state index in [1.54, 1.807) is 0 Å². The first-order chi connectivity index (χ1) is 8.06. The van der Waals surface area contributed by atoms with Crippen molar-refractivity contribution in [1.82, 2.24) is 10.1 Å². The van der Waals surface area contributed by atoms with Crippen LogP contribution in [-0.4, -0.2) is 17.2 Å². The third-order valence-electron chi connectivity index (χ3n) is 2.47. The Morgan fingerprint density at radius 1 is 1.35 bits per heavy atom. The second-order valence-corrected chi connectivity index (χ2v) is 4.88. The number of halogens is 1. The Balaban J connectivity index is 2.14. The van der Waals surface area contributed by atoms with E-state index in [0.717, 1.165) is 27.4 Å². The SMILES string of the molecule is Cc1cc(CN(C)c2ccc(Br)c(C)n2)no1. The Morgan fingerprint density at radius 3 is 2.71 bits per heavy atom. The molecule has 0 aromatic carbocycles. The van der Waals surface area contributed by atoms with Crippen molar-refractivity contribution in [2.75, 3.05) is 11.9 Å². The highest BCUT2D eigenvalue weighted by molar-refractivity contribution is 9.10. The molecule has 0 radical (unpaired) electrons. The summed E-state index contributed by atoms with van der Waals surface area (Å²) < 4.78 is 6.06. The van der Waals surface area contributed by atoms with Crippen LogP contribution in [0.25, 0.3) is 0 Å². The van der Waals surface area contributed by atoms with Gasteiger partial charge in [0.1, 0.15) is 17.3 Å². The van der Waals surface area contributed by atoms with Crippen LogP contribution >= 0.6 is 15.9 Å². The normalized spacial score (nSPS) is 10.6. The molecule has 0 atom stereocenters. The Labute approximate surface area is 109 Å². The standard InChI is InChI=1S/C12H14BrN3O/c1-8-6-10(15-17-8)7-16(3)12-5-4-11(13)9(2)14-12/h4-6H,7H2,1-3H3. The molecule has 2 aromatic rings.